The van der Waals surface area contributed by atoms with E-state index in [-0.39, 0.29) is 11.8 Å². The molecule has 0 unspecified atom stereocenters. The van der Waals surface area contributed by atoms with Crippen molar-refractivity contribution in [2.45, 2.75) is 12.3 Å². The minimum absolute atomic E-state index is 0.109. The van der Waals surface area contributed by atoms with Crippen LogP contribution < -0.4 is 10.6 Å². The lowest BCUT2D eigenvalue weighted by Gasteiger charge is -2.07. The third-order valence-electron chi connectivity index (χ3n) is 3.72. The van der Waals surface area contributed by atoms with Gasteiger partial charge in [0.25, 0.3) is 0 Å². The van der Waals surface area contributed by atoms with E-state index in [4.69, 9.17) is 0 Å². The number of aromatic nitrogens is 2. The normalized spacial score (nSPS) is 19.5. The number of nitrogens with zero attached hydrogens (tertiary/aromatic N) is 2. The largest absolute Gasteiger partial charge is 0.367 e. The van der Waals surface area contributed by atoms with E-state index in [0.717, 1.165) is 16.7 Å². The number of benzene rings is 1. The summed E-state index contributed by atoms with van der Waals surface area (Å²) in [6.45, 7) is 1.22. The first kappa shape index (κ1) is 15.0. The molecule has 0 spiro atoms. The molecule has 1 aromatic heterocycles. The lowest BCUT2D eigenvalue weighted by Crippen LogP contribution is -2.30. The zero-order valence-corrected chi connectivity index (χ0v) is 13.6. The van der Waals surface area contributed by atoms with Crippen molar-refractivity contribution in [3.8, 4) is 0 Å². The van der Waals surface area contributed by atoms with E-state index in [0.29, 0.717) is 19.0 Å². The van der Waals surface area contributed by atoms with Gasteiger partial charge in [-0.15, -0.1) is 0 Å². The van der Waals surface area contributed by atoms with Crippen LogP contribution in [-0.4, -0.2) is 29.0 Å². The first-order valence-electron chi connectivity index (χ1n) is 7.27. The second-order valence-corrected chi connectivity index (χ2v) is 6.22. The average Bonchev–Trinajstić information content (AvgIpc) is 3.34. The van der Waals surface area contributed by atoms with E-state index < -0.39 is 0 Å². The molecule has 2 N–H and O–H groups in total. The number of halogens is 1. The molecule has 1 aromatic carbocycles. The minimum atomic E-state index is 0.109. The van der Waals surface area contributed by atoms with Crippen LogP contribution in [-0.2, 0) is 4.79 Å². The molecule has 5 nitrogen and oxygen atoms in total. The van der Waals surface area contributed by atoms with E-state index in [1.165, 1.54) is 5.56 Å². The number of carbonyl (C=O) groups is 1. The number of hydrogen-bond donors (Lipinski definition) is 2. The predicted octanol–water partition coefficient (Wildman–Crippen LogP) is 2.57. The monoisotopic (exact) mass is 360 g/mol. The number of amides is 1. The quantitative estimate of drug-likeness (QED) is 0.777. The third-order valence-corrected chi connectivity index (χ3v) is 4.25. The Morgan fingerprint density at radius 1 is 1.23 bits per heavy atom. The van der Waals surface area contributed by atoms with Crippen LogP contribution in [0.3, 0.4) is 0 Å². The second-order valence-electron chi connectivity index (χ2n) is 5.31. The van der Waals surface area contributed by atoms with Crippen molar-refractivity contribution in [1.29, 1.82) is 0 Å². The van der Waals surface area contributed by atoms with Gasteiger partial charge >= 0.3 is 0 Å². The molecule has 1 saturated carbocycles. The highest BCUT2D eigenvalue weighted by Crippen LogP contribution is 2.47. The van der Waals surface area contributed by atoms with Gasteiger partial charge in [-0.2, -0.15) is 0 Å². The van der Waals surface area contributed by atoms with Gasteiger partial charge in [-0.05, 0) is 30.0 Å². The summed E-state index contributed by atoms with van der Waals surface area (Å²) in [4.78, 5) is 20.2. The highest BCUT2D eigenvalue weighted by molar-refractivity contribution is 9.10. The molecule has 1 amide bonds. The fraction of sp³-hybridized carbons (Fsp3) is 0.312. The molecule has 2 aromatic rings. The third kappa shape index (κ3) is 3.82. The van der Waals surface area contributed by atoms with E-state index in [2.05, 4.69) is 48.7 Å². The summed E-state index contributed by atoms with van der Waals surface area (Å²) in [5, 5.41) is 6.08. The van der Waals surface area contributed by atoms with Crippen LogP contribution in [0.1, 0.15) is 17.9 Å². The SMILES string of the molecule is O=C(NCCNc1cnccn1)[C@H]1C[C@H]1c1ccc(Br)cc1. The van der Waals surface area contributed by atoms with Gasteiger partial charge in [-0.1, -0.05) is 28.1 Å². The number of carbonyl (C=O) groups excluding carboxylic acids is 1. The molecular weight excluding hydrogens is 344 g/mol. The van der Waals surface area contributed by atoms with Gasteiger partial charge in [0, 0.05) is 35.9 Å². The van der Waals surface area contributed by atoms with E-state index in [1.54, 1.807) is 18.6 Å². The van der Waals surface area contributed by atoms with Crippen LogP contribution in [0.25, 0.3) is 0 Å². The zero-order chi connectivity index (χ0) is 15.4. The van der Waals surface area contributed by atoms with Crippen LogP contribution in [0, 0.1) is 5.92 Å². The topological polar surface area (TPSA) is 66.9 Å². The standard InChI is InChI=1S/C16H17BrN4O/c17-12-3-1-11(2-4-12)13-9-14(13)16(22)21-8-7-20-15-10-18-5-6-19-15/h1-6,10,13-14H,7-9H2,(H,19,20)(H,21,22)/t13-,14-/m0/s1. The molecule has 1 aliphatic carbocycles. The maximum absolute atomic E-state index is 12.1. The summed E-state index contributed by atoms with van der Waals surface area (Å²) >= 11 is 3.42. The Labute approximate surface area is 137 Å². The highest BCUT2D eigenvalue weighted by Gasteiger charge is 2.43. The number of anilines is 1. The lowest BCUT2D eigenvalue weighted by molar-refractivity contribution is -0.122. The number of rotatable bonds is 6. The van der Waals surface area contributed by atoms with Gasteiger partial charge in [-0.25, -0.2) is 4.98 Å². The average molecular weight is 361 g/mol. The van der Waals surface area contributed by atoms with Crippen LogP contribution in [0.2, 0.25) is 0 Å². The molecule has 0 bridgehead atoms. The van der Waals surface area contributed by atoms with Gasteiger partial charge in [0.1, 0.15) is 5.82 Å². The Morgan fingerprint density at radius 3 is 2.77 bits per heavy atom. The van der Waals surface area contributed by atoms with E-state index >= 15 is 0 Å². The lowest BCUT2D eigenvalue weighted by atomic mass is 10.1. The molecular formula is C16H17BrN4O. The summed E-state index contributed by atoms with van der Waals surface area (Å²) in [6, 6.07) is 8.20. The number of nitrogens with one attached hydrogen (secondary N) is 2. The molecule has 114 valence electrons. The van der Waals surface area contributed by atoms with Crippen molar-refractivity contribution in [1.82, 2.24) is 15.3 Å². The fourth-order valence-corrected chi connectivity index (χ4v) is 2.73. The summed E-state index contributed by atoms with van der Waals surface area (Å²) in [6.07, 6.45) is 5.85. The van der Waals surface area contributed by atoms with Crippen LogP contribution >= 0.6 is 15.9 Å². The predicted molar refractivity (Wildman–Crippen MR) is 88.5 cm³/mol. The van der Waals surface area contributed by atoms with Crippen molar-refractivity contribution < 1.29 is 4.79 Å². The zero-order valence-electron chi connectivity index (χ0n) is 12.0. The van der Waals surface area contributed by atoms with Gasteiger partial charge in [-0.3, -0.25) is 9.78 Å². The maximum atomic E-state index is 12.1. The molecule has 2 atom stereocenters. The minimum Gasteiger partial charge on any atom is -0.367 e. The molecule has 0 aliphatic heterocycles. The molecule has 3 rings (SSSR count). The van der Waals surface area contributed by atoms with E-state index in [1.807, 2.05) is 12.1 Å². The molecule has 0 saturated heterocycles. The molecule has 1 aliphatic rings. The van der Waals surface area contributed by atoms with Crippen LogP contribution in [0.4, 0.5) is 5.82 Å². The molecule has 1 fully saturated rings. The fourth-order valence-electron chi connectivity index (χ4n) is 2.46. The van der Waals surface area contributed by atoms with Gasteiger partial charge < -0.3 is 10.6 Å². The van der Waals surface area contributed by atoms with Crippen LogP contribution in [0.15, 0.2) is 47.3 Å². The summed E-state index contributed by atoms with van der Waals surface area (Å²) in [5.41, 5.74) is 1.24. The van der Waals surface area contributed by atoms with Crippen molar-refractivity contribution in [2.75, 3.05) is 18.4 Å². The second kappa shape index (κ2) is 6.87. The first-order valence-corrected chi connectivity index (χ1v) is 8.06. The van der Waals surface area contributed by atoms with Crippen molar-refractivity contribution >= 4 is 27.7 Å². The summed E-state index contributed by atoms with van der Waals surface area (Å²) in [5.74, 6) is 1.32. The van der Waals surface area contributed by atoms with Crippen molar-refractivity contribution in [3.63, 3.8) is 0 Å². The Bertz CT molecular complexity index is 632. The molecule has 22 heavy (non-hydrogen) atoms. The van der Waals surface area contributed by atoms with E-state index in [9.17, 15) is 4.79 Å². The van der Waals surface area contributed by atoms with Crippen molar-refractivity contribution in [3.05, 3.63) is 52.9 Å². The summed E-state index contributed by atoms with van der Waals surface area (Å²) < 4.78 is 1.06. The Morgan fingerprint density at radius 2 is 2.05 bits per heavy atom. The van der Waals surface area contributed by atoms with Gasteiger partial charge in [0.15, 0.2) is 0 Å². The molecule has 1 heterocycles. The summed E-state index contributed by atoms with van der Waals surface area (Å²) in [7, 11) is 0. The first-order chi connectivity index (χ1) is 10.7. The molecule has 0 radical (unpaired) electrons. The Hall–Kier alpha value is -1.95. The van der Waals surface area contributed by atoms with Crippen LogP contribution in [0.5, 0.6) is 0 Å². The number of hydrogen-bond acceptors (Lipinski definition) is 4. The smallest absolute Gasteiger partial charge is 0.223 e. The highest BCUT2D eigenvalue weighted by atomic mass is 79.9. The van der Waals surface area contributed by atoms with Gasteiger partial charge in [0.05, 0.1) is 6.20 Å². The van der Waals surface area contributed by atoms with Crippen molar-refractivity contribution in [2.24, 2.45) is 5.92 Å². The van der Waals surface area contributed by atoms with Gasteiger partial charge in [0.2, 0.25) is 5.91 Å². The molecule has 6 heteroatoms. The Balaban J connectivity index is 1.39. The Kier molecular flexibility index (Phi) is 4.68. The maximum Gasteiger partial charge on any atom is 0.223 e.